The molecule has 4 rings (SSSR count). The average molecular weight is 601 g/mol. The van der Waals surface area contributed by atoms with Gasteiger partial charge in [0.25, 0.3) is 11.8 Å². The van der Waals surface area contributed by atoms with Crippen LogP contribution in [0.5, 0.6) is 11.5 Å². The Morgan fingerprint density at radius 2 is 1.97 bits per heavy atom. The fourth-order valence-corrected chi connectivity index (χ4v) is 4.83. The van der Waals surface area contributed by atoms with Gasteiger partial charge in [0.15, 0.2) is 23.3 Å². The van der Waals surface area contributed by atoms with Crippen LogP contribution in [0.1, 0.15) is 11.1 Å². The second kappa shape index (κ2) is 11.9. The number of methoxy groups -OCH3 is 1. The number of aliphatic imine (C=N–C) groups is 1. The van der Waals surface area contributed by atoms with E-state index in [1.54, 1.807) is 37.4 Å². The number of nitrogens with one attached hydrogen (secondary N) is 1. The SMILES string of the molecule is COc1cc(/C=C2\SC(=Nc3ccc(Br)c(Cl)c3)N(C)C2=O)ccc1OCC(=O)Nc1cccc(C)c1. The molecule has 0 unspecified atom stereocenters. The van der Waals surface area contributed by atoms with Crippen molar-refractivity contribution in [2.75, 3.05) is 26.1 Å². The van der Waals surface area contributed by atoms with E-state index in [4.69, 9.17) is 21.1 Å². The monoisotopic (exact) mass is 599 g/mol. The number of carbonyl (C=O) groups is 2. The lowest BCUT2D eigenvalue weighted by Crippen LogP contribution is -2.23. The highest BCUT2D eigenvalue weighted by Crippen LogP contribution is 2.36. The molecule has 0 aromatic heterocycles. The van der Waals surface area contributed by atoms with Gasteiger partial charge in [-0.2, -0.15) is 0 Å². The van der Waals surface area contributed by atoms with Gasteiger partial charge in [-0.3, -0.25) is 14.5 Å². The van der Waals surface area contributed by atoms with Crippen molar-refractivity contribution in [1.29, 1.82) is 0 Å². The number of likely N-dealkylation sites (N-methyl/N-ethyl adjacent to an activating group) is 1. The molecule has 3 aromatic rings. The zero-order valence-electron chi connectivity index (χ0n) is 20.2. The number of amidine groups is 1. The third kappa shape index (κ3) is 6.74. The molecule has 190 valence electrons. The first-order chi connectivity index (χ1) is 17.7. The quantitative estimate of drug-likeness (QED) is 0.307. The molecule has 1 aliphatic heterocycles. The molecule has 1 aliphatic rings. The van der Waals surface area contributed by atoms with E-state index in [0.717, 1.165) is 15.6 Å². The van der Waals surface area contributed by atoms with E-state index >= 15 is 0 Å². The van der Waals surface area contributed by atoms with Crippen LogP contribution in [0, 0.1) is 6.92 Å². The summed E-state index contributed by atoms with van der Waals surface area (Å²) in [7, 11) is 3.19. The Morgan fingerprint density at radius 1 is 1.16 bits per heavy atom. The van der Waals surface area contributed by atoms with Gasteiger partial charge < -0.3 is 14.8 Å². The molecular weight excluding hydrogens is 578 g/mol. The molecule has 10 heteroatoms. The van der Waals surface area contributed by atoms with E-state index in [0.29, 0.717) is 38.0 Å². The van der Waals surface area contributed by atoms with Crippen LogP contribution in [-0.4, -0.2) is 42.6 Å². The highest BCUT2D eigenvalue weighted by atomic mass is 79.9. The van der Waals surface area contributed by atoms with Crippen molar-refractivity contribution < 1.29 is 19.1 Å². The number of aryl methyl sites for hydroxylation is 1. The van der Waals surface area contributed by atoms with E-state index in [1.165, 1.54) is 23.8 Å². The van der Waals surface area contributed by atoms with Gasteiger partial charge in [0.1, 0.15) is 0 Å². The van der Waals surface area contributed by atoms with Gasteiger partial charge in [-0.1, -0.05) is 29.8 Å². The zero-order chi connectivity index (χ0) is 26.5. The summed E-state index contributed by atoms with van der Waals surface area (Å²) >= 11 is 10.8. The van der Waals surface area contributed by atoms with Crippen molar-refractivity contribution in [2.24, 2.45) is 4.99 Å². The molecule has 1 N–H and O–H groups in total. The molecule has 0 aliphatic carbocycles. The van der Waals surface area contributed by atoms with Crippen molar-refractivity contribution in [1.82, 2.24) is 4.90 Å². The Bertz CT molecular complexity index is 1430. The second-order valence-electron chi connectivity index (χ2n) is 8.08. The van der Waals surface area contributed by atoms with Gasteiger partial charge in [0.05, 0.1) is 22.7 Å². The van der Waals surface area contributed by atoms with Crippen LogP contribution in [-0.2, 0) is 9.59 Å². The predicted octanol–water partition coefficient (Wildman–Crippen LogP) is 6.67. The first-order valence-corrected chi connectivity index (χ1v) is 13.1. The average Bonchev–Trinajstić information content (AvgIpc) is 3.13. The Balaban J connectivity index is 1.45. The lowest BCUT2D eigenvalue weighted by Gasteiger charge is -2.12. The third-order valence-corrected chi connectivity index (χ3v) is 7.57. The molecule has 0 radical (unpaired) electrons. The maximum absolute atomic E-state index is 12.8. The smallest absolute Gasteiger partial charge is 0.266 e. The molecular formula is C27H23BrClN3O4S. The molecule has 0 bridgehead atoms. The molecule has 37 heavy (non-hydrogen) atoms. The van der Waals surface area contributed by atoms with Gasteiger partial charge in [-0.15, -0.1) is 0 Å². The molecule has 2 amide bonds. The number of anilines is 1. The number of ether oxygens (including phenoxy) is 2. The number of hydrogen-bond donors (Lipinski definition) is 1. The minimum atomic E-state index is -0.284. The third-order valence-electron chi connectivity index (χ3n) is 5.28. The number of amides is 2. The van der Waals surface area contributed by atoms with Crippen LogP contribution in [0.25, 0.3) is 6.08 Å². The summed E-state index contributed by atoms with van der Waals surface area (Å²) < 4.78 is 11.9. The van der Waals surface area contributed by atoms with Crippen LogP contribution in [0.15, 0.2) is 75.0 Å². The minimum absolute atomic E-state index is 0.168. The van der Waals surface area contributed by atoms with Crippen LogP contribution in [0.4, 0.5) is 11.4 Å². The number of hydrogen-bond acceptors (Lipinski definition) is 6. The summed E-state index contributed by atoms with van der Waals surface area (Å²) in [5.74, 6) is 0.411. The highest BCUT2D eigenvalue weighted by Gasteiger charge is 2.30. The Kier molecular flexibility index (Phi) is 8.58. The normalized spacial score (nSPS) is 15.4. The molecule has 3 aromatic carbocycles. The topological polar surface area (TPSA) is 80.2 Å². The Hall–Kier alpha value is -3.27. The summed E-state index contributed by atoms with van der Waals surface area (Å²) in [6.45, 7) is 1.78. The van der Waals surface area contributed by atoms with Crippen molar-refractivity contribution in [3.63, 3.8) is 0 Å². The van der Waals surface area contributed by atoms with Crippen molar-refractivity contribution >= 4 is 73.7 Å². The van der Waals surface area contributed by atoms with Crippen LogP contribution >= 0.6 is 39.3 Å². The summed E-state index contributed by atoms with van der Waals surface area (Å²) in [5, 5.41) is 3.89. The molecule has 0 atom stereocenters. The number of benzene rings is 3. The summed E-state index contributed by atoms with van der Waals surface area (Å²) in [6.07, 6.45) is 1.76. The van der Waals surface area contributed by atoms with Gasteiger partial charge in [0.2, 0.25) is 0 Å². The van der Waals surface area contributed by atoms with Crippen molar-refractivity contribution in [3.05, 3.63) is 86.2 Å². The number of thioether (sulfide) groups is 1. The maximum atomic E-state index is 12.8. The molecule has 7 nitrogen and oxygen atoms in total. The van der Waals surface area contributed by atoms with E-state index < -0.39 is 0 Å². The summed E-state index contributed by atoms with van der Waals surface area (Å²) in [5.41, 5.74) is 3.14. The first-order valence-electron chi connectivity index (χ1n) is 11.1. The fourth-order valence-electron chi connectivity index (χ4n) is 3.42. The van der Waals surface area contributed by atoms with E-state index in [1.807, 2.05) is 43.3 Å². The highest BCUT2D eigenvalue weighted by molar-refractivity contribution is 9.10. The van der Waals surface area contributed by atoms with Gasteiger partial charge >= 0.3 is 0 Å². The first kappa shape index (κ1) is 26.8. The lowest BCUT2D eigenvalue weighted by atomic mass is 10.2. The molecule has 1 fully saturated rings. The number of halogens is 2. The number of rotatable bonds is 7. The fraction of sp³-hybridized carbons (Fsp3) is 0.148. The Morgan fingerprint density at radius 3 is 2.70 bits per heavy atom. The van der Waals surface area contributed by atoms with Crippen LogP contribution in [0.2, 0.25) is 5.02 Å². The predicted molar refractivity (Wildman–Crippen MR) is 153 cm³/mol. The second-order valence-corrected chi connectivity index (χ2v) is 10.4. The minimum Gasteiger partial charge on any atom is -0.493 e. The number of nitrogens with zero attached hydrogens (tertiary/aromatic N) is 2. The summed E-state index contributed by atoms with van der Waals surface area (Å²) in [4.78, 5) is 31.7. The lowest BCUT2D eigenvalue weighted by molar-refractivity contribution is -0.121. The van der Waals surface area contributed by atoms with Gasteiger partial charge in [-0.05, 0) is 94.3 Å². The van der Waals surface area contributed by atoms with Crippen molar-refractivity contribution in [3.8, 4) is 11.5 Å². The Labute approximate surface area is 232 Å². The number of carbonyl (C=O) groups excluding carboxylic acids is 2. The van der Waals surface area contributed by atoms with Gasteiger partial charge in [-0.25, -0.2) is 4.99 Å². The van der Waals surface area contributed by atoms with Crippen LogP contribution < -0.4 is 14.8 Å². The molecule has 1 heterocycles. The summed E-state index contributed by atoms with van der Waals surface area (Å²) in [6, 6.07) is 18.1. The van der Waals surface area contributed by atoms with Crippen LogP contribution in [0.3, 0.4) is 0 Å². The van der Waals surface area contributed by atoms with Gasteiger partial charge in [0, 0.05) is 17.2 Å². The standard InChI is InChI=1S/C27H23BrClN3O4S/c1-16-5-4-6-18(11-16)30-25(33)15-36-22-10-7-17(12-23(22)35-3)13-24-26(34)32(2)27(37-24)31-19-8-9-20(28)21(29)14-19/h4-14H,15H2,1-3H3,(H,30,33)/b24-13-,31-27?. The van der Waals surface area contributed by atoms with E-state index in [9.17, 15) is 9.59 Å². The molecule has 1 saturated heterocycles. The molecule has 0 saturated carbocycles. The largest absolute Gasteiger partial charge is 0.493 e. The van der Waals surface area contributed by atoms with E-state index in [-0.39, 0.29) is 18.4 Å². The van der Waals surface area contributed by atoms with Crippen molar-refractivity contribution in [2.45, 2.75) is 6.92 Å². The van der Waals surface area contributed by atoms with E-state index in [2.05, 4.69) is 26.2 Å². The zero-order valence-corrected chi connectivity index (χ0v) is 23.4. The maximum Gasteiger partial charge on any atom is 0.266 e. The molecule has 0 spiro atoms.